The van der Waals surface area contributed by atoms with Gasteiger partial charge in [-0.3, -0.25) is 0 Å². The van der Waals surface area contributed by atoms with Gasteiger partial charge in [0.05, 0.1) is 6.20 Å². The molecule has 0 amide bonds. The van der Waals surface area contributed by atoms with Crippen LogP contribution in [-0.2, 0) is 4.79 Å². The van der Waals surface area contributed by atoms with Gasteiger partial charge in [-0.15, -0.1) is 0 Å². The minimum absolute atomic E-state index is 0.527. The molecule has 62 valence electrons. The Balaban J connectivity index is 2.51. The SMILES string of the molecule is CC1CCCCCN1C=C=O. The Bertz CT molecular complexity index is 161. The molecule has 0 bridgehead atoms. The van der Waals surface area contributed by atoms with Crippen LogP contribution in [0.25, 0.3) is 0 Å². The number of hydrogen-bond donors (Lipinski definition) is 0. The van der Waals surface area contributed by atoms with E-state index >= 15 is 0 Å². The fourth-order valence-electron chi connectivity index (χ4n) is 1.56. The van der Waals surface area contributed by atoms with E-state index in [0.29, 0.717) is 6.04 Å². The van der Waals surface area contributed by atoms with Crippen LogP contribution in [0.3, 0.4) is 0 Å². The van der Waals surface area contributed by atoms with Crippen molar-refractivity contribution in [3.8, 4) is 0 Å². The molecule has 1 aliphatic heterocycles. The summed E-state index contributed by atoms with van der Waals surface area (Å²) in [7, 11) is 0. The van der Waals surface area contributed by atoms with Crippen LogP contribution < -0.4 is 0 Å². The first-order chi connectivity index (χ1) is 5.34. The van der Waals surface area contributed by atoms with Crippen LogP contribution in [0.1, 0.15) is 32.6 Å². The van der Waals surface area contributed by atoms with E-state index < -0.39 is 0 Å². The molecule has 1 rings (SSSR count). The van der Waals surface area contributed by atoms with E-state index in [1.54, 1.807) is 6.20 Å². The molecule has 1 unspecified atom stereocenters. The molecule has 1 aliphatic rings. The average molecular weight is 153 g/mol. The van der Waals surface area contributed by atoms with Crippen LogP contribution in [0, 0.1) is 0 Å². The molecule has 0 spiro atoms. The smallest absolute Gasteiger partial charge is 0.142 e. The lowest BCUT2D eigenvalue weighted by molar-refractivity contribution is 0.301. The Kier molecular flexibility index (Phi) is 3.18. The second-order valence-corrected chi connectivity index (χ2v) is 3.18. The number of hydrogen-bond acceptors (Lipinski definition) is 2. The summed E-state index contributed by atoms with van der Waals surface area (Å²) in [5.41, 5.74) is 0. The summed E-state index contributed by atoms with van der Waals surface area (Å²) in [6, 6.07) is 0.527. The Morgan fingerprint density at radius 3 is 3.00 bits per heavy atom. The Morgan fingerprint density at radius 1 is 1.45 bits per heavy atom. The summed E-state index contributed by atoms with van der Waals surface area (Å²) in [5.74, 6) is 1.85. The molecule has 1 atom stereocenters. The summed E-state index contributed by atoms with van der Waals surface area (Å²) < 4.78 is 0. The van der Waals surface area contributed by atoms with Gasteiger partial charge >= 0.3 is 0 Å². The molecule has 0 radical (unpaired) electrons. The Hall–Kier alpha value is -0.750. The fourth-order valence-corrected chi connectivity index (χ4v) is 1.56. The van der Waals surface area contributed by atoms with Gasteiger partial charge in [0.2, 0.25) is 0 Å². The predicted octanol–water partition coefficient (Wildman–Crippen LogP) is 1.60. The Labute approximate surface area is 67.9 Å². The van der Waals surface area contributed by atoms with Gasteiger partial charge in [0.25, 0.3) is 0 Å². The zero-order valence-electron chi connectivity index (χ0n) is 7.05. The summed E-state index contributed by atoms with van der Waals surface area (Å²) in [6.07, 6.45) is 6.56. The summed E-state index contributed by atoms with van der Waals surface area (Å²) in [4.78, 5) is 12.2. The van der Waals surface area contributed by atoms with Crippen molar-refractivity contribution in [3.05, 3.63) is 6.20 Å². The van der Waals surface area contributed by atoms with E-state index in [-0.39, 0.29) is 0 Å². The van der Waals surface area contributed by atoms with Gasteiger partial charge in [-0.1, -0.05) is 12.8 Å². The van der Waals surface area contributed by atoms with E-state index in [9.17, 15) is 4.79 Å². The van der Waals surface area contributed by atoms with Crippen LogP contribution in [0.4, 0.5) is 0 Å². The number of rotatable bonds is 1. The zero-order chi connectivity index (χ0) is 8.10. The van der Waals surface area contributed by atoms with Crippen molar-refractivity contribution >= 4 is 5.94 Å². The van der Waals surface area contributed by atoms with Crippen LogP contribution in [0.5, 0.6) is 0 Å². The van der Waals surface area contributed by atoms with Gasteiger partial charge in [-0.25, -0.2) is 4.79 Å². The molecule has 0 aromatic rings. The minimum atomic E-state index is 0.527. The molecule has 0 aromatic carbocycles. The molecule has 1 saturated heterocycles. The maximum atomic E-state index is 10.1. The Morgan fingerprint density at radius 2 is 2.27 bits per heavy atom. The lowest BCUT2D eigenvalue weighted by atomic mass is 10.1. The zero-order valence-corrected chi connectivity index (χ0v) is 7.05. The maximum absolute atomic E-state index is 10.1. The van der Waals surface area contributed by atoms with Crippen molar-refractivity contribution < 1.29 is 4.79 Å². The van der Waals surface area contributed by atoms with Gasteiger partial charge in [-0.05, 0) is 19.8 Å². The third-order valence-electron chi connectivity index (χ3n) is 2.32. The van der Waals surface area contributed by atoms with Crippen molar-refractivity contribution in [2.24, 2.45) is 0 Å². The molecular weight excluding hydrogens is 138 g/mol. The van der Waals surface area contributed by atoms with Gasteiger partial charge in [0, 0.05) is 12.6 Å². The van der Waals surface area contributed by atoms with Crippen LogP contribution >= 0.6 is 0 Å². The molecule has 0 aliphatic carbocycles. The first kappa shape index (κ1) is 8.35. The van der Waals surface area contributed by atoms with Crippen LogP contribution in [0.15, 0.2) is 6.20 Å². The topological polar surface area (TPSA) is 20.3 Å². The van der Waals surface area contributed by atoms with Crippen molar-refractivity contribution in [1.82, 2.24) is 4.90 Å². The van der Waals surface area contributed by atoms with Gasteiger partial charge in [0.1, 0.15) is 5.94 Å². The summed E-state index contributed by atoms with van der Waals surface area (Å²) >= 11 is 0. The van der Waals surface area contributed by atoms with Crippen LogP contribution in [0.2, 0.25) is 0 Å². The third kappa shape index (κ3) is 2.39. The summed E-state index contributed by atoms with van der Waals surface area (Å²) in [6.45, 7) is 3.19. The summed E-state index contributed by atoms with van der Waals surface area (Å²) in [5, 5.41) is 0. The van der Waals surface area contributed by atoms with E-state index in [0.717, 1.165) is 6.54 Å². The van der Waals surface area contributed by atoms with Crippen molar-refractivity contribution in [3.63, 3.8) is 0 Å². The molecule has 1 fully saturated rings. The fraction of sp³-hybridized carbons (Fsp3) is 0.778. The van der Waals surface area contributed by atoms with E-state index in [1.165, 1.54) is 25.7 Å². The average Bonchev–Trinajstić information content (AvgIpc) is 2.18. The maximum Gasteiger partial charge on any atom is 0.142 e. The first-order valence-corrected chi connectivity index (χ1v) is 4.31. The van der Waals surface area contributed by atoms with Crippen molar-refractivity contribution in [2.45, 2.75) is 38.6 Å². The molecule has 2 nitrogen and oxygen atoms in total. The lowest BCUT2D eigenvalue weighted by Gasteiger charge is -2.23. The lowest BCUT2D eigenvalue weighted by Crippen LogP contribution is -2.27. The van der Waals surface area contributed by atoms with E-state index in [4.69, 9.17) is 0 Å². The standard InChI is InChI=1S/C9H15NO/c1-9-5-3-2-4-6-10(9)7-8-11/h7,9H,2-6H2,1H3. The first-order valence-electron chi connectivity index (χ1n) is 4.31. The van der Waals surface area contributed by atoms with E-state index in [2.05, 4.69) is 11.8 Å². The predicted molar refractivity (Wildman–Crippen MR) is 44.9 cm³/mol. The molecule has 0 saturated carbocycles. The molecule has 2 heteroatoms. The number of carbonyl (C=O) groups excluding carboxylic acids is 1. The minimum Gasteiger partial charge on any atom is -0.366 e. The molecule has 0 aromatic heterocycles. The van der Waals surface area contributed by atoms with Crippen LogP contribution in [-0.4, -0.2) is 23.4 Å². The number of likely N-dealkylation sites (tertiary alicyclic amines) is 1. The highest BCUT2D eigenvalue weighted by Crippen LogP contribution is 2.15. The third-order valence-corrected chi connectivity index (χ3v) is 2.32. The van der Waals surface area contributed by atoms with Crippen molar-refractivity contribution in [2.75, 3.05) is 6.54 Å². The molecule has 11 heavy (non-hydrogen) atoms. The molecular formula is C9H15NO. The van der Waals surface area contributed by atoms with Gasteiger partial charge in [-0.2, -0.15) is 0 Å². The highest BCUT2D eigenvalue weighted by Gasteiger charge is 2.12. The molecule has 0 N–H and O–H groups in total. The van der Waals surface area contributed by atoms with Crippen molar-refractivity contribution in [1.29, 1.82) is 0 Å². The van der Waals surface area contributed by atoms with Gasteiger partial charge < -0.3 is 4.90 Å². The second-order valence-electron chi connectivity index (χ2n) is 3.18. The highest BCUT2D eigenvalue weighted by atomic mass is 16.1. The van der Waals surface area contributed by atoms with Gasteiger partial charge in [0.15, 0.2) is 0 Å². The molecule has 1 heterocycles. The monoisotopic (exact) mass is 153 g/mol. The second kappa shape index (κ2) is 4.20. The number of nitrogens with zero attached hydrogens (tertiary/aromatic N) is 1. The quantitative estimate of drug-likeness (QED) is 0.533. The highest BCUT2D eigenvalue weighted by molar-refractivity contribution is 5.44. The normalized spacial score (nSPS) is 25.5. The largest absolute Gasteiger partial charge is 0.366 e. The van der Waals surface area contributed by atoms with E-state index in [1.807, 2.05) is 5.94 Å².